The lowest BCUT2D eigenvalue weighted by Gasteiger charge is -2.15. The number of aromatic nitrogens is 2. The van der Waals surface area contributed by atoms with Crippen LogP contribution in [0, 0.1) is 5.82 Å². The molecule has 1 N–H and O–H groups in total. The van der Waals surface area contributed by atoms with E-state index in [1.807, 2.05) is 30.3 Å². The predicted octanol–water partition coefficient (Wildman–Crippen LogP) is 3.86. The topological polar surface area (TPSA) is 38.1 Å². The van der Waals surface area contributed by atoms with E-state index in [1.54, 1.807) is 29.1 Å². The molecule has 0 amide bonds. The van der Waals surface area contributed by atoms with Gasteiger partial charge in [0.15, 0.2) is 0 Å². The minimum Gasteiger partial charge on any atom is -0.382 e. The zero-order valence-electron chi connectivity index (χ0n) is 10.9. The van der Waals surface area contributed by atoms with E-state index in [1.165, 1.54) is 6.07 Å². The summed E-state index contributed by atoms with van der Waals surface area (Å²) in [6.45, 7) is 0. The highest BCUT2D eigenvalue weighted by atomic mass is 79.9. The molecule has 21 heavy (non-hydrogen) atoms. The zero-order valence-corrected chi connectivity index (χ0v) is 12.5. The summed E-state index contributed by atoms with van der Waals surface area (Å²) in [5.41, 5.74) is 1.53. The van der Waals surface area contributed by atoms with Crippen LogP contribution in [0.5, 0.6) is 0 Å². The first-order chi connectivity index (χ1) is 10.2. The Labute approximate surface area is 129 Å². The Morgan fingerprint density at radius 1 is 1.10 bits per heavy atom. The van der Waals surface area contributed by atoms with Gasteiger partial charge < -0.3 is 5.11 Å². The number of benzene rings is 2. The summed E-state index contributed by atoms with van der Waals surface area (Å²) >= 11 is 3.29. The average molecular weight is 347 g/mol. The number of aliphatic hydroxyl groups excluding tert-OH is 1. The molecule has 1 unspecified atom stereocenters. The third kappa shape index (κ3) is 2.75. The first-order valence-electron chi connectivity index (χ1n) is 6.39. The number of rotatable bonds is 3. The number of aliphatic hydroxyl groups is 1. The van der Waals surface area contributed by atoms with E-state index in [-0.39, 0.29) is 5.56 Å². The quantitative estimate of drug-likeness (QED) is 0.781. The molecule has 0 aliphatic rings. The van der Waals surface area contributed by atoms with Gasteiger partial charge in [-0.25, -0.2) is 9.07 Å². The van der Waals surface area contributed by atoms with Crippen molar-refractivity contribution in [2.45, 2.75) is 6.10 Å². The Morgan fingerprint density at radius 2 is 1.86 bits per heavy atom. The summed E-state index contributed by atoms with van der Waals surface area (Å²) in [6, 6.07) is 15.6. The minimum absolute atomic E-state index is 0.210. The molecule has 1 atom stereocenters. The summed E-state index contributed by atoms with van der Waals surface area (Å²) in [5, 5.41) is 14.7. The fraction of sp³-hybridized carbons (Fsp3) is 0.0625. The SMILES string of the molecule is OC(c1cc(Br)ccc1F)c1ccnn1-c1ccccc1. The largest absolute Gasteiger partial charge is 0.382 e. The average Bonchev–Trinajstić information content (AvgIpc) is 2.99. The van der Waals surface area contributed by atoms with Crippen LogP contribution in [0.1, 0.15) is 17.4 Å². The fourth-order valence-electron chi connectivity index (χ4n) is 2.19. The molecule has 3 rings (SSSR count). The first-order valence-corrected chi connectivity index (χ1v) is 7.18. The number of nitrogens with zero attached hydrogens (tertiary/aromatic N) is 2. The molecule has 1 heterocycles. The van der Waals surface area contributed by atoms with Crippen molar-refractivity contribution in [3.05, 3.63) is 82.3 Å². The van der Waals surface area contributed by atoms with E-state index < -0.39 is 11.9 Å². The summed E-state index contributed by atoms with van der Waals surface area (Å²) in [4.78, 5) is 0. The van der Waals surface area contributed by atoms with Gasteiger partial charge in [-0.2, -0.15) is 5.10 Å². The minimum atomic E-state index is -1.09. The highest BCUT2D eigenvalue weighted by Gasteiger charge is 2.20. The summed E-state index contributed by atoms with van der Waals surface area (Å²) in [7, 11) is 0. The van der Waals surface area contributed by atoms with Crippen LogP contribution in [0.2, 0.25) is 0 Å². The monoisotopic (exact) mass is 346 g/mol. The summed E-state index contributed by atoms with van der Waals surface area (Å²) < 4.78 is 16.2. The Bertz CT molecular complexity index is 758. The van der Waals surface area contributed by atoms with Gasteiger partial charge >= 0.3 is 0 Å². The molecule has 0 aliphatic heterocycles. The van der Waals surface area contributed by atoms with E-state index >= 15 is 0 Å². The van der Waals surface area contributed by atoms with Gasteiger partial charge in [0.05, 0.1) is 11.4 Å². The van der Waals surface area contributed by atoms with Gasteiger partial charge in [0.2, 0.25) is 0 Å². The van der Waals surface area contributed by atoms with Crippen molar-refractivity contribution in [2.24, 2.45) is 0 Å². The van der Waals surface area contributed by atoms with Crippen LogP contribution in [-0.2, 0) is 0 Å². The van der Waals surface area contributed by atoms with Gasteiger partial charge in [0.1, 0.15) is 11.9 Å². The van der Waals surface area contributed by atoms with Gasteiger partial charge in [0, 0.05) is 16.2 Å². The van der Waals surface area contributed by atoms with Crippen LogP contribution >= 0.6 is 15.9 Å². The molecule has 1 aromatic heterocycles. The lowest BCUT2D eigenvalue weighted by Crippen LogP contribution is -2.10. The third-order valence-electron chi connectivity index (χ3n) is 3.21. The van der Waals surface area contributed by atoms with Crippen LogP contribution in [0.25, 0.3) is 5.69 Å². The van der Waals surface area contributed by atoms with E-state index in [0.29, 0.717) is 10.2 Å². The molecule has 0 spiro atoms. The maximum absolute atomic E-state index is 13.9. The van der Waals surface area contributed by atoms with E-state index in [2.05, 4.69) is 21.0 Å². The van der Waals surface area contributed by atoms with Gasteiger partial charge in [-0.05, 0) is 36.4 Å². The van der Waals surface area contributed by atoms with Gasteiger partial charge in [-0.15, -0.1) is 0 Å². The van der Waals surface area contributed by atoms with Crippen molar-refractivity contribution in [1.82, 2.24) is 9.78 Å². The molecule has 106 valence electrons. The maximum Gasteiger partial charge on any atom is 0.129 e. The second-order valence-corrected chi connectivity index (χ2v) is 5.49. The first kappa shape index (κ1) is 14.0. The van der Waals surface area contributed by atoms with Crippen molar-refractivity contribution < 1.29 is 9.50 Å². The molecule has 0 saturated carbocycles. The van der Waals surface area contributed by atoms with Crippen LogP contribution in [0.15, 0.2) is 65.3 Å². The highest BCUT2D eigenvalue weighted by molar-refractivity contribution is 9.10. The Hall–Kier alpha value is -1.98. The summed E-state index contributed by atoms with van der Waals surface area (Å²) in [6.07, 6.45) is 0.492. The second kappa shape index (κ2) is 5.79. The van der Waals surface area contributed by atoms with E-state index in [4.69, 9.17) is 0 Å². The van der Waals surface area contributed by atoms with E-state index in [9.17, 15) is 9.50 Å². The second-order valence-electron chi connectivity index (χ2n) is 4.57. The normalized spacial score (nSPS) is 12.3. The van der Waals surface area contributed by atoms with Gasteiger partial charge in [-0.1, -0.05) is 34.1 Å². The summed E-state index contributed by atoms with van der Waals surface area (Å²) in [5.74, 6) is -0.452. The molecular formula is C16H12BrFN2O. The van der Waals surface area contributed by atoms with Crippen molar-refractivity contribution in [1.29, 1.82) is 0 Å². The highest BCUT2D eigenvalue weighted by Crippen LogP contribution is 2.28. The van der Waals surface area contributed by atoms with Crippen molar-refractivity contribution in [3.8, 4) is 5.69 Å². The van der Waals surface area contributed by atoms with Crippen LogP contribution in [-0.4, -0.2) is 14.9 Å². The predicted molar refractivity (Wildman–Crippen MR) is 81.7 cm³/mol. The van der Waals surface area contributed by atoms with Crippen LogP contribution < -0.4 is 0 Å². The lowest BCUT2D eigenvalue weighted by atomic mass is 10.1. The smallest absolute Gasteiger partial charge is 0.129 e. The molecule has 0 bridgehead atoms. The standard InChI is InChI=1S/C16H12BrFN2O/c17-11-6-7-14(18)13(10-11)16(21)15-8-9-19-20(15)12-4-2-1-3-5-12/h1-10,16,21H. The molecule has 0 radical (unpaired) electrons. The molecule has 0 fully saturated rings. The van der Waals surface area contributed by atoms with Gasteiger partial charge in [-0.3, -0.25) is 0 Å². The molecule has 0 saturated heterocycles. The zero-order chi connectivity index (χ0) is 14.8. The van der Waals surface area contributed by atoms with Gasteiger partial charge in [0.25, 0.3) is 0 Å². The lowest BCUT2D eigenvalue weighted by molar-refractivity contribution is 0.206. The Morgan fingerprint density at radius 3 is 2.62 bits per heavy atom. The fourth-order valence-corrected chi connectivity index (χ4v) is 2.57. The molecular weight excluding hydrogens is 335 g/mol. The molecule has 3 nitrogen and oxygen atoms in total. The number of hydrogen-bond donors (Lipinski definition) is 1. The molecule has 3 aromatic rings. The Balaban J connectivity index is 2.06. The Kier molecular flexibility index (Phi) is 3.86. The van der Waals surface area contributed by atoms with E-state index in [0.717, 1.165) is 5.69 Å². The number of halogens is 2. The number of para-hydroxylation sites is 1. The third-order valence-corrected chi connectivity index (χ3v) is 3.70. The van der Waals surface area contributed by atoms with Crippen molar-refractivity contribution in [3.63, 3.8) is 0 Å². The molecule has 5 heteroatoms. The van der Waals surface area contributed by atoms with Crippen LogP contribution in [0.4, 0.5) is 4.39 Å². The maximum atomic E-state index is 13.9. The van der Waals surface area contributed by atoms with Crippen molar-refractivity contribution >= 4 is 15.9 Å². The molecule has 0 aliphatic carbocycles. The van der Waals surface area contributed by atoms with Crippen molar-refractivity contribution in [2.75, 3.05) is 0 Å². The van der Waals surface area contributed by atoms with Crippen LogP contribution in [0.3, 0.4) is 0 Å². The number of hydrogen-bond acceptors (Lipinski definition) is 2. The molecule has 2 aromatic carbocycles.